The van der Waals surface area contributed by atoms with E-state index in [1.54, 1.807) is 29.8 Å². The molecule has 6 rings (SSSR count). The zero-order valence-electron chi connectivity index (χ0n) is 19.6. The number of nitrogens with one attached hydrogen (secondary N) is 1. The molecule has 4 heterocycles. The quantitative estimate of drug-likeness (QED) is 0.525. The molecule has 9 nitrogen and oxygen atoms in total. The van der Waals surface area contributed by atoms with Crippen molar-refractivity contribution in [2.24, 2.45) is 11.3 Å². The molecule has 2 aliphatic heterocycles. The minimum Gasteiger partial charge on any atom is -0.470 e. The highest BCUT2D eigenvalue weighted by Gasteiger charge is 2.54. The number of rotatable bonds is 8. The SMILES string of the molecule is CCNC(=O)C12CC(CN(c3ccc(OCc4c(C)nnn4-c4ccc(C(F)F)cc4)nn3)C1)C2. The highest BCUT2D eigenvalue weighted by Crippen LogP contribution is 2.51. The third-order valence-corrected chi connectivity index (χ3v) is 6.80. The molecule has 2 aromatic heterocycles. The number of benzene rings is 1. The van der Waals surface area contributed by atoms with Crippen molar-refractivity contribution in [1.29, 1.82) is 0 Å². The number of hydrogen-bond donors (Lipinski definition) is 1. The van der Waals surface area contributed by atoms with E-state index in [1.807, 2.05) is 13.0 Å². The van der Waals surface area contributed by atoms with Crippen LogP contribution in [0, 0.1) is 18.3 Å². The maximum Gasteiger partial charge on any atom is 0.263 e. The van der Waals surface area contributed by atoms with Crippen LogP contribution in [0.25, 0.3) is 5.69 Å². The van der Waals surface area contributed by atoms with E-state index in [0.29, 0.717) is 42.0 Å². The molecule has 2 bridgehead atoms. The predicted octanol–water partition coefficient (Wildman–Crippen LogP) is 3.23. The van der Waals surface area contributed by atoms with Gasteiger partial charge in [0.25, 0.3) is 6.43 Å². The summed E-state index contributed by atoms with van der Waals surface area (Å²) in [6.07, 6.45) is -0.674. The first-order valence-electron chi connectivity index (χ1n) is 11.7. The Hall–Kier alpha value is -3.63. The zero-order valence-corrected chi connectivity index (χ0v) is 19.6. The third-order valence-electron chi connectivity index (χ3n) is 6.80. The number of piperidine rings is 2. The molecule has 184 valence electrons. The minimum atomic E-state index is -2.53. The van der Waals surface area contributed by atoms with Crippen LogP contribution in [-0.4, -0.2) is 50.7 Å². The van der Waals surface area contributed by atoms with Gasteiger partial charge in [-0.1, -0.05) is 17.3 Å². The molecule has 1 N–H and O–H groups in total. The number of aromatic nitrogens is 5. The van der Waals surface area contributed by atoms with E-state index in [4.69, 9.17) is 4.74 Å². The molecule has 3 aromatic rings. The number of alkyl halides is 2. The van der Waals surface area contributed by atoms with Gasteiger partial charge in [0.05, 0.1) is 16.8 Å². The number of amides is 1. The van der Waals surface area contributed by atoms with Crippen molar-refractivity contribution in [3.63, 3.8) is 0 Å². The smallest absolute Gasteiger partial charge is 0.263 e. The normalized spacial score (nSPS) is 21.1. The summed E-state index contributed by atoms with van der Waals surface area (Å²) in [4.78, 5) is 14.7. The van der Waals surface area contributed by atoms with E-state index in [1.165, 1.54) is 12.1 Å². The molecule has 0 spiro atoms. The fourth-order valence-corrected chi connectivity index (χ4v) is 5.04. The molecule has 1 aromatic carbocycles. The van der Waals surface area contributed by atoms with Crippen molar-refractivity contribution < 1.29 is 18.3 Å². The summed E-state index contributed by atoms with van der Waals surface area (Å²) >= 11 is 0. The van der Waals surface area contributed by atoms with Gasteiger partial charge in [0, 0.05) is 31.3 Å². The van der Waals surface area contributed by atoms with Crippen LogP contribution >= 0.6 is 0 Å². The van der Waals surface area contributed by atoms with Crippen LogP contribution in [0.1, 0.15) is 43.1 Å². The number of aryl methyl sites for hydroxylation is 1. The topological polar surface area (TPSA) is 98.1 Å². The molecule has 11 heteroatoms. The summed E-state index contributed by atoms with van der Waals surface area (Å²) in [6, 6.07) is 9.49. The molecule has 1 amide bonds. The first-order valence-corrected chi connectivity index (χ1v) is 11.7. The third kappa shape index (κ3) is 4.42. The fraction of sp³-hybridized carbons (Fsp3) is 0.458. The lowest BCUT2D eigenvalue weighted by Crippen LogP contribution is -2.62. The largest absolute Gasteiger partial charge is 0.470 e. The Kier molecular flexibility index (Phi) is 6.08. The maximum absolute atomic E-state index is 12.9. The van der Waals surface area contributed by atoms with Crippen molar-refractivity contribution in [2.75, 3.05) is 24.5 Å². The molecular formula is C24H27F2N7O2. The highest BCUT2D eigenvalue weighted by atomic mass is 19.3. The van der Waals surface area contributed by atoms with Crippen LogP contribution in [0.4, 0.5) is 14.6 Å². The molecular weight excluding hydrogens is 456 g/mol. The number of halogens is 2. The number of anilines is 1. The minimum absolute atomic E-state index is 0.0540. The van der Waals surface area contributed by atoms with E-state index < -0.39 is 6.43 Å². The second-order valence-corrected chi connectivity index (χ2v) is 9.24. The molecule has 2 saturated heterocycles. The van der Waals surface area contributed by atoms with Gasteiger partial charge >= 0.3 is 0 Å². The van der Waals surface area contributed by atoms with Crippen LogP contribution in [0.15, 0.2) is 36.4 Å². The van der Waals surface area contributed by atoms with Gasteiger partial charge < -0.3 is 15.0 Å². The average molecular weight is 484 g/mol. The standard InChI is InChI=1S/C24H27F2N7O2/c1-3-27-23(34)24-10-16(11-24)12-32(14-24)20-8-9-21(30-29-20)35-13-19-15(2)28-31-33(19)18-6-4-17(5-7-18)22(25)26/h4-9,16,22H,3,10-14H2,1-2H3,(H,27,34). The van der Waals surface area contributed by atoms with Gasteiger partial charge in [-0.3, -0.25) is 4.79 Å². The number of hydrogen-bond acceptors (Lipinski definition) is 7. The summed E-state index contributed by atoms with van der Waals surface area (Å²) in [5.74, 6) is 1.68. The lowest BCUT2D eigenvalue weighted by Gasteiger charge is -2.55. The van der Waals surface area contributed by atoms with Crippen molar-refractivity contribution in [2.45, 2.75) is 39.7 Å². The Morgan fingerprint density at radius 2 is 1.94 bits per heavy atom. The van der Waals surface area contributed by atoms with E-state index in [2.05, 4.69) is 30.7 Å². The Bertz CT molecular complexity index is 1190. The first-order chi connectivity index (χ1) is 16.9. The number of nitrogens with zero attached hydrogens (tertiary/aromatic N) is 6. The van der Waals surface area contributed by atoms with Crippen LogP contribution in [0.3, 0.4) is 0 Å². The van der Waals surface area contributed by atoms with Crippen LogP contribution in [-0.2, 0) is 11.4 Å². The number of ether oxygens (including phenoxy) is 1. The van der Waals surface area contributed by atoms with Crippen molar-refractivity contribution in [1.82, 2.24) is 30.5 Å². The van der Waals surface area contributed by atoms with Gasteiger partial charge in [-0.15, -0.1) is 15.3 Å². The Morgan fingerprint density at radius 1 is 1.17 bits per heavy atom. The van der Waals surface area contributed by atoms with Gasteiger partial charge in [0.1, 0.15) is 12.3 Å². The molecule has 3 fully saturated rings. The van der Waals surface area contributed by atoms with Gasteiger partial charge in [-0.25, -0.2) is 13.5 Å². The summed E-state index contributed by atoms with van der Waals surface area (Å²) in [7, 11) is 0. The maximum atomic E-state index is 12.9. The summed E-state index contributed by atoms with van der Waals surface area (Å²) in [6.45, 7) is 6.00. The van der Waals surface area contributed by atoms with Crippen molar-refractivity contribution in [3.05, 3.63) is 53.3 Å². The van der Waals surface area contributed by atoms with Crippen molar-refractivity contribution >= 4 is 11.7 Å². The molecule has 35 heavy (non-hydrogen) atoms. The Balaban J connectivity index is 1.24. The fourth-order valence-electron chi connectivity index (χ4n) is 5.04. The van der Waals surface area contributed by atoms with Crippen LogP contribution in [0.5, 0.6) is 5.88 Å². The van der Waals surface area contributed by atoms with Gasteiger partial charge in [0.15, 0.2) is 5.82 Å². The highest BCUT2D eigenvalue weighted by molar-refractivity contribution is 5.85. The number of carbonyl (C=O) groups excluding carboxylic acids is 1. The monoisotopic (exact) mass is 483 g/mol. The van der Waals surface area contributed by atoms with E-state index in [0.717, 1.165) is 25.2 Å². The van der Waals surface area contributed by atoms with Gasteiger partial charge in [0.2, 0.25) is 11.8 Å². The molecule has 0 radical (unpaired) electrons. The first kappa shape index (κ1) is 23.1. The molecule has 3 aliphatic rings. The average Bonchev–Trinajstić information content (AvgIpc) is 3.22. The lowest BCUT2D eigenvalue weighted by molar-refractivity contribution is -0.140. The zero-order chi connectivity index (χ0) is 24.6. The summed E-state index contributed by atoms with van der Waals surface area (Å²) in [5.41, 5.74) is 1.57. The molecule has 1 aliphatic carbocycles. The van der Waals surface area contributed by atoms with Gasteiger partial charge in [-0.2, -0.15) is 0 Å². The Labute approximate surface area is 201 Å². The summed E-state index contributed by atoms with van der Waals surface area (Å²) in [5, 5.41) is 19.7. The Morgan fingerprint density at radius 3 is 2.60 bits per heavy atom. The van der Waals surface area contributed by atoms with Crippen molar-refractivity contribution in [3.8, 4) is 11.6 Å². The summed E-state index contributed by atoms with van der Waals surface area (Å²) < 4.78 is 33.1. The van der Waals surface area contributed by atoms with Crippen LogP contribution in [0.2, 0.25) is 0 Å². The van der Waals surface area contributed by atoms with E-state index in [-0.39, 0.29) is 23.5 Å². The molecule has 0 atom stereocenters. The van der Waals surface area contributed by atoms with E-state index >= 15 is 0 Å². The second-order valence-electron chi connectivity index (χ2n) is 9.24. The lowest BCUT2D eigenvalue weighted by atomic mass is 9.58. The second kappa shape index (κ2) is 9.20. The predicted molar refractivity (Wildman–Crippen MR) is 123 cm³/mol. The molecule has 0 unspecified atom stereocenters. The van der Waals surface area contributed by atoms with Crippen LogP contribution < -0.4 is 15.0 Å². The van der Waals surface area contributed by atoms with Gasteiger partial charge in [-0.05, 0) is 50.8 Å². The van der Waals surface area contributed by atoms with E-state index in [9.17, 15) is 13.6 Å². The number of fused-ring (bicyclic) bond motifs is 2. The molecule has 1 saturated carbocycles. The number of carbonyl (C=O) groups is 1.